The van der Waals surface area contributed by atoms with E-state index >= 15 is 0 Å². The van der Waals surface area contributed by atoms with E-state index in [1.54, 1.807) is 6.07 Å². The summed E-state index contributed by atoms with van der Waals surface area (Å²) in [7, 11) is -2.05. The number of halogens is 1. The van der Waals surface area contributed by atoms with E-state index < -0.39 is 10.0 Å². The summed E-state index contributed by atoms with van der Waals surface area (Å²) in [6, 6.07) is 8.40. The maximum atomic E-state index is 12.3. The molecule has 0 unspecified atom stereocenters. The van der Waals surface area contributed by atoms with Crippen LogP contribution in [-0.4, -0.2) is 15.5 Å². The van der Waals surface area contributed by atoms with Crippen LogP contribution >= 0.6 is 27.3 Å². The Balaban J connectivity index is 2.19. The van der Waals surface area contributed by atoms with Gasteiger partial charge in [-0.3, -0.25) is 0 Å². The Labute approximate surface area is 136 Å². The Kier molecular flexibility index (Phi) is 5.39. The molecule has 0 aliphatic carbocycles. The van der Waals surface area contributed by atoms with Gasteiger partial charge in [-0.15, -0.1) is 11.3 Å². The maximum absolute atomic E-state index is 12.3. The standard InChI is InChI=1S/C13H15BrN2O3S2/c1-19-12-4-3-11(6-9(12)7-15)21(17,18)16-8-10-2-5-13(14)20-10/h2-6,16H,7-8,15H2,1H3. The molecule has 5 nitrogen and oxygen atoms in total. The van der Waals surface area contributed by atoms with E-state index in [4.69, 9.17) is 10.5 Å². The van der Waals surface area contributed by atoms with Gasteiger partial charge < -0.3 is 10.5 Å². The molecule has 0 radical (unpaired) electrons. The number of rotatable bonds is 6. The van der Waals surface area contributed by atoms with Gasteiger partial charge >= 0.3 is 0 Å². The van der Waals surface area contributed by atoms with Gasteiger partial charge in [0.25, 0.3) is 0 Å². The molecule has 0 saturated carbocycles. The second-order valence-electron chi connectivity index (χ2n) is 4.21. The van der Waals surface area contributed by atoms with Crippen LogP contribution in [-0.2, 0) is 23.1 Å². The third-order valence-corrected chi connectivity index (χ3v) is 5.87. The van der Waals surface area contributed by atoms with Crippen LogP contribution in [0.1, 0.15) is 10.4 Å². The lowest BCUT2D eigenvalue weighted by Gasteiger charge is -2.10. The van der Waals surface area contributed by atoms with Crippen molar-refractivity contribution in [3.8, 4) is 5.75 Å². The number of thiophene rings is 1. The van der Waals surface area contributed by atoms with Crippen LogP contribution in [0.15, 0.2) is 39.0 Å². The Morgan fingerprint density at radius 2 is 2.10 bits per heavy atom. The molecule has 0 spiro atoms. The number of methoxy groups -OCH3 is 1. The molecule has 0 bridgehead atoms. The van der Waals surface area contributed by atoms with Crippen LogP contribution in [0.2, 0.25) is 0 Å². The zero-order chi connectivity index (χ0) is 15.5. The minimum Gasteiger partial charge on any atom is -0.496 e. The number of nitrogens with one attached hydrogen (secondary N) is 1. The number of ether oxygens (including phenoxy) is 1. The molecule has 2 rings (SSSR count). The molecule has 0 aliphatic heterocycles. The Bertz CT molecular complexity index is 729. The van der Waals surface area contributed by atoms with Crippen LogP contribution in [0.3, 0.4) is 0 Å². The quantitative estimate of drug-likeness (QED) is 0.793. The number of hydrogen-bond donors (Lipinski definition) is 2. The normalized spacial score (nSPS) is 11.6. The first kappa shape index (κ1) is 16.4. The van der Waals surface area contributed by atoms with Gasteiger partial charge in [-0.25, -0.2) is 13.1 Å². The Hall–Kier alpha value is -0.930. The SMILES string of the molecule is COc1ccc(S(=O)(=O)NCc2ccc(Br)s2)cc1CN. The van der Waals surface area contributed by atoms with Crippen molar-refractivity contribution in [3.63, 3.8) is 0 Å². The highest BCUT2D eigenvalue weighted by Gasteiger charge is 2.16. The van der Waals surface area contributed by atoms with Gasteiger partial charge in [-0.05, 0) is 46.3 Å². The first-order valence-corrected chi connectivity index (χ1v) is 9.16. The summed E-state index contributed by atoms with van der Waals surface area (Å²) in [6.07, 6.45) is 0. The van der Waals surface area contributed by atoms with Crippen molar-refractivity contribution >= 4 is 37.3 Å². The summed E-state index contributed by atoms with van der Waals surface area (Å²) in [5.41, 5.74) is 6.26. The van der Waals surface area contributed by atoms with E-state index in [0.29, 0.717) is 11.3 Å². The topological polar surface area (TPSA) is 81.4 Å². The molecule has 3 N–H and O–H groups in total. The van der Waals surface area contributed by atoms with E-state index in [1.807, 2.05) is 12.1 Å². The minimum absolute atomic E-state index is 0.180. The molecule has 0 saturated heterocycles. The van der Waals surface area contributed by atoms with Crippen molar-refractivity contribution in [2.75, 3.05) is 7.11 Å². The lowest BCUT2D eigenvalue weighted by molar-refractivity contribution is 0.409. The smallest absolute Gasteiger partial charge is 0.240 e. The highest BCUT2D eigenvalue weighted by Crippen LogP contribution is 2.24. The Morgan fingerprint density at radius 3 is 2.67 bits per heavy atom. The van der Waals surface area contributed by atoms with Crippen molar-refractivity contribution < 1.29 is 13.2 Å². The highest BCUT2D eigenvalue weighted by atomic mass is 79.9. The van der Waals surface area contributed by atoms with Crippen LogP contribution in [0.5, 0.6) is 5.75 Å². The van der Waals surface area contributed by atoms with E-state index in [2.05, 4.69) is 20.7 Å². The molecule has 0 amide bonds. The maximum Gasteiger partial charge on any atom is 0.240 e. The van der Waals surface area contributed by atoms with E-state index in [-0.39, 0.29) is 18.0 Å². The van der Waals surface area contributed by atoms with Crippen molar-refractivity contribution in [2.45, 2.75) is 18.0 Å². The monoisotopic (exact) mass is 390 g/mol. The van der Waals surface area contributed by atoms with E-state index in [9.17, 15) is 8.42 Å². The molecule has 21 heavy (non-hydrogen) atoms. The molecule has 1 aromatic carbocycles. The average molecular weight is 391 g/mol. The van der Waals surface area contributed by atoms with Crippen LogP contribution in [0, 0.1) is 0 Å². The second kappa shape index (κ2) is 6.89. The average Bonchev–Trinajstić information content (AvgIpc) is 2.90. The second-order valence-corrected chi connectivity index (χ2v) is 8.52. The Morgan fingerprint density at radius 1 is 1.33 bits per heavy atom. The first-order chi connectivity index (χ1) is 9.96. The molecule has 0 atom stereocenters. The van der Waals surface area contributed by atoms with E-state index in [1.165, 1.54) is 30.6 Å². The number of sulfonamides is 1. The van der Waals surface area contributed by atoms with Crippen molar-refractivity contribution in [2.24, 2.45) is 5.73 Å². The molecule has 2 aromatic rings. The molecule has 0 fully saturated rings. The lowest BCUT2D eigenvalue weighted by Crippen LogP contribution is -2.23. The van der Waals surface area contributed by atoms with Crippen molar-refractivity contribution in [1.29, 1.82) is 0 Å². The number of nitrogens with two attached hydrogens (primary N) is 1. The van der Waals surface area contributed by atoms with Gasteiger partial charge in [0.2, 0.25) is 10.0 Å². The molecular formula is C13H15BrN2O3S2. The van der Waals surface area contributed by atoms with Crippen LogP contribution in [0.4, 0.5) is 0 Å². The molecular weight excluding hydrogens is 376 g/mol. The van der Waals surface area contributed by atoms with Crippen LogP contribution < -0.4 is 15.2 Å². The van der Waals surface area contributed by atoms with Gasteiger partial charge in [0.05, 0.1) is 15.8 Å². The predicted octanol–water partition coefficient (Wildman–Crippen LogP) is 2.46. The zero-order valence-electron chi connectivity index (χ0n) is 11.3. The summed E-state index contributed by atoms with van der Waals surface area (Å²) in [6.45, 7) is 0.465. The fourth-order valence-electron chi connectivity index (χ4n) is 1.78. The summed E-state index contributed by atoms with van der Waals surface area (Å²) >= 11 is 4.83. The lowest BCUT2D eigenvalue weighted by atomic mass is 10.2. The van der Waals surface area contributed by atoms with Crippen molar-refractivity contribution in [3.05, 3.63) is 44.6 Å². The molecule has 0 aliphatic rings. The molecule has 114 valence electrons. The molecule has 1 aromatic heterocycles. The summed E-state index contributed by atoms with van der Waals surface area (Å²) < 4.78 is 33.2. The largest absolute Gasteiger partial charge is 0.496 e. The van der Waals surface area contributed by atoms with Crippen LogP contribution in [0.25, 0.3) is 0 Å². The summed E-state index contributed by atoms with van der Waals surface area (Å²) in [5.74, 6) is 0.582. The number of hydrogen-bond acceptors (Lipinski definition) is 5. The minimum atomic E-state index is -3.58. The van der Waals surface area contributed by atoms with E-state index in [0.717, 1.165) is 8.66 Å². The fraction of sp³-hybridized carbons (Fsp3) is 0.231. The van der Waals surface area contributed by atoms with Gasteiger partial charge in [0.15, 0.2) is 0 Å². The summed E-state index contributed by atoms with van der Waals surface area (Å²) in [4.78, 5) is 1.11. The van der Waals surface area contributed by atoms with Crippen molar-refractivity contribution in [1.82, 2.24) is 4.72 Å². The first-order valence-electron chi connectivity index (χ1n) is 6.07. The summed E-state index contributed by atoms with van der Waals surface area (Å²) in [5, 5.41) is 0. The third kappa shape index (κ3) is 4.04. The highest BCUT2D eigenvalue weighted by molar-refractivity contribution is 9.11. The van der Waals surface area contributed by atoms with Gasteiger partial charge in [0, 0.05) is 23.5 Å². The fourth-order valence-corrected chi connectivity index (χ4v) is 4.35. The zero-order valence-corrected chi connectivity index (χ0v) is 14.5. The third-order valence-electron chi connectivity index (χ3n) is 2.85. The van der Waals surface area contributed by atoms with Gasteiger partial charge in [-0.2, -0.15) is 0 Å². The van der Waals surface area contributed by atoms with Gasteiger partial charge in [0.1, 0.15) is 5.75 Å². The molecule has 8 heteroatoms. The number of benzene rings is 1. The molecule has 1 heterocycles. The van der Waals surface area contributed by atoms with Gasteiger partial charge in [-0.1, -0.05) is 0 Å². The predicted molar refractivity (Wildman–Crippen MR) is 86.9 cm³/mol.